The molecule has 0 fully saturated rings. The molecule has 0 radical (unpaired) electrons. The van der Waals surface area contributed by atoms with Gasteiger partial charge in [-0.15, -0.1) is 11.3 Å². The van der Waals surface area contributed by atoms with Gasteiger partial charge in [0.15, 0.2) is 0 Å². The number of benzene rings is 1. The van der Waals surface area contributed by atoms with Crippen molar-refractivity contribution in [2.75, 3.05) is 0 Å². The Kier molecular flexibility index (Phi) is 4.20. The minimum atomic E-state index is -0.494. The number of halogens is 1. The molecule has 0 bridgehead atoms. The van der Waals surface area contributed by atoms with E-state index in [1.807, 2.05) is 32.0 Å². The van der Waals surface area contributed by atoms with Crippen LogP contribution in [0.2, 0.25) is 0 Å². The van der Waals surface area contributed by atoms with Crippen LogP contribution >= 0.6 is 27.3 Å². The largest absolute Gasteiger partial charge is 0.388 e. The van der Waals surface area contributed by atoms with Gasteiger partial charge in [0.25, 0.3) is 0 Å². The van der Waals surface area contributed by atoms with Gasteiger partial charge >= 0.3 is 0 Å². The van der Waals surface area contributed by atoms with Gasteiger partial charge in [-0.1, -0.05) is 28.1 Å². The molecular weight excluding hydrogens is 310 g/mol. The normalized spacial score (nSPS) is 12.7. The fourth-order valence-electron chi connectivity index (χ4n) is 1.73. The maximum atomic E-state index is 10.2. The van der Waals surface area contributed by atoms with Crippen molar-refractivity contribution in [1.29, 1.82) is 0 Å². The lowest BCUT2D eigenvalue weighted by molar-refractivity contribution is 0.178. The lowest BCUT2D eigenvalue weighted by atomic mass is 10.1. The molecule has 1 unspecified atom stereocenters. The van der Waals surface area contributed by atoms with E-state index in [2.05, 4.69) is 27.8 Å². The van der Waals surface area contributed by atoms with Crippen LogP contribution in [0.25, 0.3) is 0 Å². The van der Waals surface area contributed by atoms with Crippen LogP contribution in [-0.4, -0.2) is 10.1 Å². The van der Waals surface area contributed by atoms with Gasteiger partial charge in [0, 0.05) is 15.8 Å². The topological polar surface area (TPSA) is 33.1 Å². The molecule has 1 N–H and O–H groups in total. The Labute approximate surface area is 120 Å². The zero-order valence-electron chi connectivity index (χ0n) is 10.7. The third-order valence-electron chi connectivity index (χ3n) is 3.02. The Morgan fingerprint density at radius 1 is 1.33 bits per heavy atom. The third kappa shape index (κ3) is 2.99. The van der Waals surface area contributed by atoms with E-state index in [0.29, 0.717) is 6.42 Å². The molecule has 4 heteroatoms. The molecule has 1 atom stereocenters. The minimum Gasteiger partial charge on any atom is -0.388 e. The van der Waals surface area contributed by atoms with Gasteiger partial charge in [-0.25, -0.2) is 4.98 Å². The van der Waals surface area contributed by atoms with Crippen molar-refractivity contribution in [3.05, 3.63) is 49.4 Å². The predicted molar refractivity (Wildman–Crippen MR) is 79.1 cm³/mol. The Morgan fingerprint density at radius 3 is 2.61 bits per heavy atom. The van der Waals surface area contributed by atoms with Crippen LogP contribution in [0.1, 0.15) is 32.8 Å². The summed E-state index contributed by atoms with van der Waals surface area (Å²) in [6.07, 6.45) is 0.0846. The van der Waals surface area contributed by atoms with E-state index in [4.69, 9.17) is 0 Å². The van der Waals surface area contributed by atoms with Gasteiger partial charge in [-0.2, -0.15) is 0 Å². The first-order valence-electron chi connectivity index (χ1n) is 5.84. The van der Waals surface area contributed by atoms with Crippen molar-refractivity contribution < 1.29 is 5.11 Å². The first-order chi connectivity index (χ1) is 8.47. The van der Waals surface area contributed by atoms with Crippen molar-refractivity contribution >= 4 is 27.3 Å². The van der Waals surface area contributed by atoms with E-state index in [1.165, 1.54) is 10.4 Å². The summed E-state index contributed by atoms with van der Waals surface area (Å²) in [6.45, 7) is 6.10. The van der Waals surface area contributed by atoms with Gasteiger partial charge in [0.05, 0.1) is 16.8 Å². The molecule has 18 heavy (non-hydrogen) atoms. The molecule has 2 rings (SSSR count). The molecule has 1 heterocycles. The Morgan fingerprint density at radius 2 is 2.06 bits per heavy atom. The summed E-state index contributed by atoms with van der Waals surface area (Å²) < 4.78 is 1.03. The number of thiazole rings is 1. The third-order valence-corrected chi connectivity index (χ3v) is 4.97. The maximum Gasteiger partial charge on any atom is 0.0960 e. The van der Waals surface area contributed by atoms with Crippen LogP contribution in [0.5, 0.6) is 0 Å². The highest BCUT2D eigenvalue weighted by Crippen LogP contribution is 2.26. The molecule has 2 aromatic rings. The van der Waals surface area contributed by atoms with Gasteiger partial charge in [-0.05, 0) is 38.0 Å². The lowest BCUT2D eigenvalue weighted by Gasteiger charge is -2.10. The number of hydrogen-bond acceptors (Lipinski definition) is 3. The summed E-state index contributed by atoms with van der Waals surface area (Å²) >= 11 is 5.15. The maximum absolute atomic E-state index is 10.2. The van der Waals surface area contributed by atoms with Crippen molar-refractivity contribution in [3.8, 4) is 0 Å². The molecular formula is C14H16BrNOS. The fraction of sp³-hybridized carbons (Fsp3) is 0.357. The molecule has 96 valence electrons. The smallest absolute Gasteiger partial charge is 0.0960 e. The number of nitrogens with zero attached hydrogens (tertiary/aromatic N) is 1. The standard InChI is InChI=1S/C14H16BrNOS/c1-8-4-5-11(6-12(8)15)13(17)7-14-16-9(2)10(3)18-14/h4-6,13,17H,7H2,1-3H3. The molecule has 0 aliphatic carbocycles. The van der Waals surface area contributed by atoms with Crippen molar-refractivity contribution in [1.82, 2.24) is 4.98 Å². The Balaban J connectivity index is 2.16. The summed E-state index contributed by atoms with van der Waals surface area (Å²) in [7, 11) is 0. The van der Waals surface area contributed by atoms with Crippen LogP contribution in [-0.2, 0) is 6.42 Å². The van der Waals surface area contributed by atoms with Gasteiger partial charge in [-0.3, -0.25) is 0 Å². The highest BCUT2D eigenvalue weighted by molar-refractivity contribution is 9.10. The highest BCUT2D eigenvalue weighted by atomic mass is 79.9. The summed E-state index contributed by atoms with van der Waals surface area (Å²) in [5, 5.41) is 11.2. The zero-order valence-corrected chi connectivity index (χ0v) is 13.1. The Hall–Kier alpha value is -0.710. The molecule has 2 nitrogen and oxygen atoms in total. The predicted octanol–water partition coefficient (Wildman–Crippen LogP) is 4.11. The molecule has 0 aliphatic heterocycles. The van der Waals surface area contributed by atoms with E-state index in [9.17, 15) is 5.11 Å². The zero-order chi connectivity index (χ0) is 13.3. The average Bonchev–Trinajstić information content (AvgIpc) is 2.61. The van der Waals surface area contributed by atoms with E-state index >= 15 is 0 Å². The fourth-order valence-corrected chi connectivity index (χ4v) is 3.09. The number of aromatic nitrogens is 1. The molecule has 0 saturated carbocycles. The van der Waals surface area contributed by atoms with Gasteiger partial charge in [0.1, 0.15) is 0 Å². The Bertz CT molecular complexity index is 545. The van der Waals surface area contributed by atoms with Crippen molar-refractivity contribution in [3.63, 3.8) is 0 Å². The number of aryl methyl sites for hydroxylation is 3. The molecule has 0 aliphatic rings. The first-order valence-corrected chi connectivity index (χ1v) is 7.45. The minimum absolute atomic E-state index is 0.494. The van der Waals surface area contributed by atoms with Crippen LogP contribution < -0.4 is 0 Å². The number of rotatable bonds is 3. The van der Waals surface area contributed by atoms with E-state index in [-0.39, 0.29) is 0 Å². The van der Waals surface area contributed by atoms with Crippen LogP contribution in [0.3, 0.4) is 0 Å². The summed E-state index contributed by atoms with van der Waals surface area (Å²) in [6, 6.07) is 5.96. The van der Waals surface area contributed by atoms with Crippen LogP contribution in [0.15, 0.2) is 22.7 Å². The van der Waals surface area contributed by atoms with Gasteiger partial charge < -0.3 is 5.11 Å². The quantitative estimate of drug-likeness (QED) is 0.921. The summed E-state index contributed by atoms with van der Waals surface area (Å²) in [5.41, 5.74) is 3.16. The van der Waals surface area contributed by atoms with Gasteiger partial charge in [0.2, 0.25) is 0 Å². The molecule has 0 saturated heterocycles. The monoisotopic (exact) mass is 325 g/mol. The molecule has 1 aromatic heterocycles. The van der Waals surface area contributed by atoms with Crippen molar-refractivity contribution in [2.24, 2.45) is 0 Å². The number of hydrogen-bond donors (Lipinski definition) is 1. The second kappa shape index (κ2) is 5.51. The van der Waals surface area contributed by atoms with Crippen LogP contribution in [0.4, 0.5) is 0 Å². The van der Waals surface area contributed by atoms with Crippen molar-refractivity contribution in [2.45, 2.75) is 33.3 Å². The summed E-state index contributed by atoms with van der Waals surface area (Å²) in [5.74, 6) is 0. The summed E-state index contributed by atoms with van der Waals surface area (Å²) in [4.78, 5) is 5.69. The molecule has 0 spiro atoms. The lowest BCUT2D eigenvalue weighted by Crippen LogP contribution is -2.01. The van der Waals surface area contributed by atoms with E-state index < -0.39 is 6.10 Å². The first kappa shape index (κ1) is 13.7. The van der Waals surface area contributed by atoms with Crippen LogP contribution in [0, 0.1) is 20.8 Å². The van der Waals surface area contributed by atoms with E-state index in [1.54, 1.807) is 11.3 Å². The SMILES string of the molecule is Cc1ccc(C(O)Cc2nc(C)c(C)s2)cc1Br. The van der Waals surface area contributed by atoms with E-state index in [0.717, 1.165) is 20.7 Å². The average molecular weight is 326 g/mol. The molecule has 0 amide bonds. The highest BCUT2D eigenvalue weighted by Gasteiger charge is 2.13. The second-order valence-corrected chi connectivity index (χ2v) is 6.62. The molecule has 1 aromatic carbocycles. The number of aliphatic hydroxyl groups excluding tert-OH is 1. The second-order valence-electron chi connectivity index (χ2n) is 4.48. The number of aliphatic hydroxyl groups is 1.